The molecule has 0 aromatic carbocycles. The number of aromatic nitrogens is 1. The van der Waals surface area contributed by atoms with E-state index in [1.807, 2.05) is 19.2 Å². The molecule has 0 bridgehead atoms. The average molecular weight is 206 g/mol. The smallest absolute Gasteiger partial charge is 0.308 e. The van der Waals surface area contributed by atoms with Gasteiger partial charge in [-0.05, 0) is 31.6 Å². The maximum absolute atomic E-state index is 11.1. The third-order valence-corrected chi connectivity index (χ3v) is 2.99. The molecule has 0 aliphatic carbocycles. The number of carboxylic acid groups (broad SMARTS) is 1. The highest BCUT2D eigenvalue weighted by Gasteiger charge is 2.37. The van der Waals surface area contributed by atoms with Crippen molar-refractivity contribution in [2.24, 2.45) is 5.92 Å². The van der Waals surface area contributed by atoms with Crippen molar-refractivity contribution in [3.05, 3.63) is 30.1 Å². The van der Waals surface area contributed by atoms with E-state index in [1.165, 1.54) is 0 Å². The van der Waals surface area contributed by atoms with Crippen LogP contribution in [0, 0.1) is 5.92 Å². The van der Waals surface area contributed by atoms with Crippen LogP contribution in [-0.2, 0) is 4.79 Å². The first-order chi connectivity index (χ1) is 7.20. The fourth-order valence-corrected chi connectivity index (χ4v) is 2.24. The van der Waals surface area contributed by atoms with Crippen molar-refractivity contribution < 1.29 is 9.90 Å². The van der Waals surface area contributed by atoms with Crippen LogP contribution in [-0.4, -0.2) is 34.6 Å². The van der Waals surface area contributed by atoms with Gasteiger partial charge in [-0.25, -0.2) is 0 Å². The van der Waals surface area contributed by atoms with Gasteiger partial charge >= 0.3 is 5.97 Å². The maximum Gasteiger partial charge on any atom is 0.308 e. The highest BCUT2D eigenvalue weighted by Crippen LogP contribution is 2.35. The van der Waals surface area contributed by atoms with Crippen molar-refractivity contribution in [3.63, 3.8) is 0 Å². The van der Waals surface area contributed by atoms with Crippen LogP contribution in [0.2, 0.25) is 0 Å². The molecular formula is C11H14N2O2. The van der Waals surface area contributed by atoms with Crippen molar-refractivity contribution in [2.45, 2.75) is 12.5 Å². The predicted octanol–water partition coefficient (Wildman–Crippen LogP) is 1.16. The largest absolute Gasteiger partial charge is 0.481 e. The van der Waals surface area contributed by atoms with Crippen LogP contribution < -0.4 is 0 Å². The minimum atomic E-state index is -0.715. The molecule has 1 aliphatic rings. The lowest BCUT2D eigenvalue weighted by Crippen LogP contribution is -2.25. The summed E-state index contributed by atoms with van der Waals surface area (Å²) in [6.07, 6.45) is 4.17. The van der Waals surface area contributed by atoms with Gasteiger partial charge in [-0.2, -0.15) is 0 Å². The van der Waals surface area contributed by atoms with Gasteiger partial charge in [-0.15, -0.1) is 0 Å². The summed E-state index contributed by atoms with van der Waals surface area (Å²) in [5, 5.41) is 9.12. The normalized spacial score (nSPS) is 26.7. The fourth-order valence-electron chi connectivity index (χ4n) is 2.24. The average Bonchev–Trinajstić information content (AvgIpc) is 2.61. The van der Waals surface area contributed by atoms with Crippen molar-refractivity contribution in [3.8, 4) is 0 Å². The zero-order chi connectivity index (χ0) is 10.8. The van der Waals surface area contributed by atoms with E-state index >= 15 is 0 Å². The minimum absolute atomic E-state index is 0.0313. The third kappa shape index (κ3) is 1.85. The molecule has 1 fully saturated rings. The van der Waals surface area contributed by atoms with E-state index in [1.54, 1.807) is 12.4 Å². The number of carbonyl (C=O) groups is 1. The van der Waals surface area contributed by atoms with Crippen molar-refractivity contribution in [1.82, 2.24) is 9.88 Å². The maximum atomic E-state index is 11.1. The number of nitrogens with zero attached hydrogens (tertiary/aromatic N) is 2. The first-order valence-electron chi connectivity index (χ1n) is 5.03. The Morgan fingerprint density at radius 2 is 2.47 bits per heavy atom. The molecule has 2 heterocycles. The number of carboxylic acids is 1. The van der Waals surface area contributed by atoms with E-state index in [2.05, 4.69) is 9.88 Å². The van der Waals surface area contributed by atoms with Gasteiger partial charge < -0.3 is 5.11 Å². The van der Waals surface area contributed by atoms with Gasteiger partial charge in [0, 0.05) is 18.4 Å². The van der Waals surface area contributed by atoms with E-state index < -0.39 is 5.97 Å². The first kappa shape index (κ1) is 10.1. The molecule has 1 aliphatic heterocycles. The van der Waals surface area contributed by atoms with E-state index in [-0.39, 0.29) is 12.0 Å². The zero-order valence-corrected chi connectivity index (χ0v) is 8.63. The summed E-state index contributed by atoms with van der Waals surface area (Å²) >= 11 is 0. The van der Waals surface area contributed by atoms with E-state index in [4.69, 9.17) is 5.11 Å². The Kier molecular flexibility index (Phi) is 2.68. The van der Waals surface area contributed by atoms with Crippen LogP contribution in [0.4, 0.5) is 0 Å². The monoisotopic (exact) mass is 206 g/mol. The molecule has 0 unspecified atom stereocenters. The summed E-state index contributed by atoms with van der Waals surface area (Å²) in [6.45, 7) is 0.830. The highest BCUT2D eigenvalue weighted by molar-refractivity contribution is 5.71. The summed E-state index contributed by atoms with van der Waals surface area (Å²) < 4.78 is 0. The molecule has 4 heteroatoms. The molecule has 0 spiro atoms. The Labute approximate surface area is 88.6 Å². The van der Waals surface area contributed by atoms with E-state index in [9.17, 15) is 4.79 Å². The van der Waals surface area contributed by atoms with Crippen LogP contribution >= 0.6 is 0 Å². The SMILES string of the molecule is CN1CC[C@@H](C(=O)O)[C@@H]1c1cccnc1. The Hall–Kier alpha value is -1.42. The standard InChI is InChI=1S/C11H14N2O2/c1-13-6-4-9(11(14)15)10(13)8-3-2-5-12-7-8/h2-3,5,7,9-10H,4,6H2,1H3,(H,14,15)/t9-,10+/m1/s1. The summed E-state index contributed by atoms with van der Waals surface area (Å²) in [7, 11) is 1.96. The van der Waals surface area contributed by atoms with Gasteiger partial charge in [0.15, 0.2) is 0 Å². The Morgan fingerprint density at radius 3 is 3.07 bits per heavy atom. The van der Waals surface area contributed by atoms with Gasteiger partial charge in [-0.1, -0.05) is 6.07 Å². The molecule has 1 saturated heterocycles. The molecule has 1 aromatic heterocycles. The Bertz CT molecular complexity index is 353. The van der Waals surface area contributed by atoms with Gasteiger partial charge in [-0.3, -0.25) is 14.7 Å². The number of pyridine rings is 1. The van der Waals surface area contributed by atoms with Crippen LogP contribution in [0.1, 0.15) is 18.0 Å². The van der Waals surface area contributed by atoms with Gasteiger partial charge in [0.1, 0.15) is 0 Å². The topological polar surface area (TPSA) is 53.4 Å². The second-order valence-electron chi connectivity index (χ2n) is 3.95. The molecule has 0 saturated carbocycles. The van der Waals surface area contributed by atoms with E-state index in [0.29, 0.717) is 6.42 Å². The van der Waals surface area contributed by atoms with Crippen LogP contribution in [0.25, 0.3) is 0 Å². The molecule has 2 rings (SSSR count). The summed E-state index contributed by atoms with van der Waals surface area (Å²) in [5.41, 5.74) is 0.991. The predicted molar refractivity (Wildman–Crippen MR) is 55.4 cm³/mol. The molecule has 15 heavy (non-hydrogen) atoms. The Morgan fingerprint density at radius 1 is 1.67 bits per heavy atom. The first-order valence-corrected chi connectivity index (χ1v) is 5.03. The third-order valence-electron chi connectivity index (χ3n) is 2.99. The fraction of sp³-hybridized carbons (Fsp3) is 0.455. The van der Waals surface area contributed by atoms with Gasteiger partial charge in [0.05, 0.1) is 5.92 Å². The van der Waals surface area contributed by atoms with E-state index in [0.717, 1.165) is 12.1 Å². The van der Waals surface area contributed by atoms with Crippen LogP contribution in [0.5, 0.6) is 0 Å². The van der Waals surface area contributed by atoms with Crippen molar-refractivity contribution in [2.75, 3.05) is 13.6 Å². The van der Waals surface area contributed by atoms with Gasteiger partial charge in [0.2, 0.25) is 0 Å². The Balaban J connectivity index is 2.29. The van der Waals surface area contributed by atoms with Gasteiger partial charge in [0.25, 0.3) is 0 Å². The lowest BCUT2D eigenvalue weighted by atomic mass is 9.95. The molecule has 1 aromatic rings. The summed E-state index contributed by atoms with van der Waals surface area (Å²) in [4.78, 5) is 17.2. The quantitative estimate of drug-likeness (QED) is 0.789. The number of aliphatic carboxylic acids is 1. The number of hydrogen-bond donors (Lipinski definition) is 1. The molecule has 0 amide bonds. The zero-order valence-electron chi connectivity index (χ0n) is 8.63. The summed E-state index contributed by atoms with van der Waals surface area (Å²) in [5.74, 6) is -1.02. The molecule has 1 N–H and O–H groups in total. The number of rotatable bonds is 2. The molecular weight excluding hydrogens is 192 g/mol. The van der Waals surface area contributed by atoms with Crippen LogP contribution in [0.15, 0.2) is 24.5 Å². The van der Waals surface area contributed by atoms with Crippen molar-refractivity contribution in [1.29, 1.82) is 0 Å². The van der Waals surface area contributed by atoms with Crippen LogP contribution in [0.3, 0.4) is 0 Å². The number of hydrogen-bond acceptors (Lipinski definition) is 3. The number of likely N-dealkylation sites (tertiary alicyclic amines) is 1. The molecule has 80 valence electrons. The lowest BCUT2D eigenvalue weighted by molar-refractivity contribution is -0.142. The molecule has 4 nitrogen and oxygen atoms in total. The van der Waals surface area contributed by atoms with Crippen molar-refractivity contribution >= 4 is 5.97 Å². The molecule has 2 atom stereocenters. The highest BCUT2D eigenvalue weighted by atomic mass is 16.4. The minimum Gasteiger partial charge on any atom is -0.481 e. The summed E-state index contributed by atoms with van der Waals surface area (Å²) in [6, 6.07) is 3.76. The lowest BCUT2D eigenvalue weighted by Gasteiger charge is -2.22. The molecule has 0 radical (unpaired) electrons. The second-order valence-corrected chi connectivity index (χ2v) is 3.95. The second kappa shape index (κ2) is 3.98.